The molecule has 0 saturated heterocycles. The summed E-state index contributed by atoms with van der Waals surface area (Å²) in [5.41, 5.74) is 6.73. The molecule has 2 aromatic rings. The van der Waals surface area contributed by atoms with Gasteiger partial charge in [0.05, 0.1) is 0 Å². The number of hydrogen-bond acceptors (Lipinski definition) is 5. The van der Waals surface area contributed by atoms with Crippen LogP contribution in [0.3, 0.4) is 0 Å². The maximum Gasteiger partial charge on any atom is 0.273 e. The molecule has 0 aliphatic heterocycles. The highest BCUT2D eigenvalue weighted by Gasteiger charge is 2.13. The van der Waals surface area contributed by atoms with Gasteiger partial charge in [0.25, 0.3) is 5.91 Å². The molecule has 2 N–H and O–H groups in total. The van der Waals surface area contributed by atoms with Crippen molar-refractivity contribution in [2.75, 3.05) is 19.8 Å². The molecule has 2 aromatic heterocycles. The molecule has 0 aliphatic rings. The van der Waals surface area contributed by atoms with Crippen LogP contribution in [0.2, 0.25) is 0 Å². The number of carbonyl (C=O) groups excluding carboxylic acids is 1. The standard InChI is InChI=1S/C11H14N6O/c1-7-6-13-11(12)14-9(7)17-5-4-8(15-17)10(18)16(2)3/h4-6H,1-3H3,(H2,12,13,14). The quantitative estimate of drug-likeness (QED) is 0.820. The third kappa shape index (κ3) is 2.15. The average molecular weight is 246 g/mol. The van der Waals surface area contributed by atoms with Gasteiger partial charge in [0.1, 0.15) is 0 Å². The van der Waals surface area contributed by atoms with Crippen molar-refractivity contribution in [3.8, 4) is 5.82 Å². The van der Waals surface area contributed by atoms with Crippen LogP contribution >= 0.6 is 0 Å². The van der Waals surface area contributed by atoms with Crippen molar-refractivity contribution < 1.29 is 4.79 Å². The minimum absolute atomic E-state index is 0.159. The van der Waals surface area contributed by atoms with Gasteiger partial charge in [-0.25, -0.2) is 9.67 Å². The minimum Gasteiger partial charge on any atom is -0.368 e. The third-order valence-electron chi connectivity index (χ3n) is 2.40. The number of amides is 1. The fraction of sp³-hybridized carbons (Fsp3) is 0.273. The first-order chi connectivity index (χ1) is 8.49. The molecule has 2 heterocycles. The summed E-state index contributed by atoms with van der Waals surface area (Å²) in [4.78, 5) is 21.2. The SMILES string of the molecule is Cc1cnc(N)nc1-n1ccc(C(=O)N(C)C)n1. The number of anilines is 1. The summed E-state index contributed by atoms with van der Waals surface area (Å²) in [6.45, 7) is 1.85. The lowest BCUT2D eigenvalue weighted by molar-refractivity contribution is 0.0821. The van der Waals surface area contributed by atoms with E-state index in [1.165, 1.54) is 9.58 Å². The summed E-state index contributed by atoms with van der Waals surface area (Å²) in [6, 6.07) is 1.64. The van der Waals surface area contributed by atoms with Crippen LogP contribution in [0.4, 0.5) is 5.95 Å². The van der Waals surface area contributed by atoms with Crippen LogP contribution in [0.1, 0.15) is 16.1 Å². The summed E-state index contributed by atoms with van der Waals surface area (Å²) in [5.74, 6) is 0.584. The molecule has 0 saturated carbocycles. The van der Waals surface area contributed by atoms with Gasteiger partial charge >= 0.3 is 0 Å². The van der Waals surface area contributed by atoms with E-state index in [-0.39, 0.29) is 11.9 Å². The molecule has 0 spiro atoms. The lowest BCUT2D eigenvalue weighted by Crippen LogP contribution is -2.22. The zero-order valence-electron chi connectivity index (χ0n) is 10.5. The number of rotatable bonds is 2. The van der Waals surface area contributed by atoms with Gasteiger partial charge < -0.3 is 10.6 Å². The van der Waals surface area contributed by atoms with Gasteiger partial charge in [0.2, 0.25) is 5.95 Å². The molecule has 7 nitrogen and oxygen atoms in total. The Balaban J connectivity index is 2.41. The van der Waals surface area contributed by atoms with Crippen LogP contribution in [0.5, 0.6) is 0 Å². The number of nitrogens with zero attached hydrogens (tertiary/aromatic N) is 5. The molecule has 0 aliphatic carbocycles. The molecule has 0 bridgehead atoms. The lowest BCUT2D eigenvalue weighted by Gasteiger charge is -2.07. The molecule has 7 heteroatoms. The van der Waals surface area contributed by atoms with Gasteiger partial charge in [-0.05, 0) is 13.0 Å². The predicted octanol–water partition coefficient (Wildman–Crippen LogP) is 0.255. The number of nitrogen functional groups attached to an aromatic ring is 1. The van der Waals surface area contributed by atoms with E-state index in [0.29, 0.717) is 11.5 Å². The maximum atomic E-state index is 11.7. The Morgan fingerprint density at radius 2 is 2.17 bits per heavy atom. The molecule has 0 aromatic carbocycles. The third-order valence-corrected chi connectivity index (χ3v) is 2.40. The van der Waals surface area contributed by atoms with E-state index in [2.05, 4.69) is 15.1 Å². The summed E-state index contributed by atoms with van der Waals surface area (Å²) < 4.78 is 1.52. The minimum atomic E-state index is -0.159. The molecule has 0 unspecified atom stereocenters. The van der Waals surface area contributed by atoms with Crippen molar-refractivity contribution in [3.63, 3.8) is 0 Å². The highest BCUT2D eigenvalue weighted by molar-refractivity contribution is 5.91. The van der Waals surface area contributed by atoms with Crippen molar-refractivity contribution in [2.24, 2.45) is 0 Å². The fourth-order valence-corrected chi connectivity index (χ4v) is 1.46. The number of nitrogens with two attached hydrogens (primary N) is 1. The molecule has 0 radical (unpaired) electrons. The van der Waals surface area contributed by atoms with Crippen molar-refractivity contribution in [1.82, 2.24) is 24.6 Å². The van der Waals surface area contributed by atoms with Gasteiger partial charge in [-0.1, -0.05) is 0 Å². The topological polar surface area (TPSA) is 89.9 Å². The first-order valence-electron chi connectivity index (χ1n) is 5.36. The van der Waals surface area contributed by atoms with Crippen molar-refractivity contribution >= 4 is 11.9 Å². The molecule has 18 heavy (non-hydrogen) atoms. The van der Waals surface area contributed by atoms with E-state index in [1.54, 1.807) is 32.6 Å². The Hall–Kier alpha value is -2.44. The largest absolute Gasteiger partial charge is 0.368 e. The Morgan fingerprint density at radius 3 is 2.83 bits per heavy atom. The fourth-order valence-electron chi connectivity index (χ4n) is 1.46. The number of aromatic nitrogens is 4. The van der Waals surface area contributed by atoms with Crippen LogP contribution < -0.4 is 5.73 Å². The van der Waals surface area contributed by atoms with Gasteiger partial charge in [0, 0.05) is 32.1 Å². The van der Waals surface area contributed by atoms with E-state index in [0.717, 1.165) is 5.56 Å². The number of carbonyl (C=O) groups is 1. The first-order valence-corrected chi connectivity index (χ1v) is 5.36. The second kappa shape index (κ2) is 4.44. The monoisotopic (exact) mass is 246 g/mol. The van der Waals surface area contributed by atoms with Crippen LogP contribution in [-0.2, 0) is 0 Å². The maximum absolute atomic E-state index is 11.7. The van der Waals surface area contributed by atoms with E-state index in [9.17, 15) is 4.79 Å². The van der Waals surface area contributed by atoms with Crippen molar-refractivity contribution in [1.29, 1.82) is 0 Å². The average Bonchev–Trinajstić information content (AvgIpc) is 2.80. The molecule has 1 amide bonds. The van der Waals surface area contributed by atoms with Crippen LogP contribution in [0, 0.1) is 6.92 Å². The zero-order chi connectivity index (χ0) is 13.3. The highest BCUT2D eigenvalue weighted by atomic mass is 16.2. The van der Waals surface area contributed by atoms with Crippen molar-refractivity contribution in [3.05, 3.63) is 29.7 Å². The van der Waals surface area contributed by atoms with E-state index in [4.69, 9.17) is 5.73 Å². The van der Waals surface area contributed by atoms with E-state index >= 15 is 0 Å². The molecular formula is C11H14N6O. The zero-order valence-corrected chi connectivity index (χ0v) is 10.5. The van der Waals surface area contributed by atoms with Crippen LogP contribution in [0.25, 0.3) is 5.82 Å². The molecule has 2 rings (SSSR count). The Labute approximate surface area is 104 Å². The predicted molar refractivity (Wildman–Crippen MR) is 66.3 cm³/mol. The van der Waals surface area contributed by atoms with E-state index < -0.39 is 0 Å². The van der Waals surface area contributed by atoms with Crippen molar-refractivity contribution in [2.45, 2.75) is 6.92 Å². The highest BCUT2D eigenvalue weighted by Crippen LogP contribution is 2.11. The molecule has 0 fully saturated rings. The van der Waals surface area contributed by atoms with E-state index in [1.807, 2.05) is 6.92 Å². The summed E-state index contributed by atoms with van der Waals surface area (Å²) in [5, 5.41) is 4.18. The number of hydrogen-bond donors (Lipinski definition) is 1. The Morgan fingerprint density at radius 1 is 1.44 bits per heavy atom. The number of aryl methyl sites for hydroxylation is 1. The van der Waals surface area contributed by atoms with Crippen LogP contribution in [-0.4, -0.2) is 44.7 Å². The smallest absolute Gasteiger partial charge is 0.273 e. The summed E-state index contributed by atoms with van der Waals surface area (Å²) in [7, 11) is 3.35. The molecule has 94 valence electrons. The van der Waals surface area contributed by atoms with Gasteiger partial charge in [-0.15, -0.1) is 0 Å². The summed E-state index contributed by atoms with van der Waals surface area (Å²) in [6.07, 6.45) is 3.29. The van der Waals surface area contributed by atoms with Gasteiger partial charge in [-0.3, -0.25) is 4.79 Å². The van der Waals surface area contributed by atoms with Crippen LogP contribution in [0.15, 0.2) is 18.5 Å². The molecule has 0 atom stereocenters. The normalized spacial score (nSPS) is 10.4. The molecular weight excluding hydrogens is 232 g/mol. The second-order valence-corrected chi connectivity index (χ2v) is 4.08. The summed E-state index contributed by atoms with van der Waals surface area (Å²) >= 11 is 0. The second-order valence-electron chi connectivity index (χ2n) is 4.08. The Kier molecular flexibility index (Phi) is 2.97. The Bertz CT molecular complexity index is 589. The van der Waals surface area contributed by atoms with Gasteiger partial charge in [0.15, 0.2) is 11.5 Å². The lowest BCUT2D eigenvalue weighted by atomic mass is 10.3. The van der Waals surface area contributed by atoms with Gasteiger partial charge in [-0.2, -0.15) is 10.1 Å². The first kappa shape index (κ1) is 12.0.